The van der Waals surface area contributed by atoms with Crippen LogP contribution in [-0.2, 0) is 0 Å². The summed E-state index contributed by atoms with van der Waals surface area (Å²) >= 11 is 9.49. The van der Waals surface area contributed by atoms with Crippen LogP contribution in [0.25, 0.3) is 10.9 Å². The number of hydrogen-bond acceptors (Lipinski definition) is 5. The predicted molar refractivity (Wildman–Crippen MR) is 114 cm³/mol. The van der Waals surface area contributed by atoms with Crippen molar-refractivity contribution in [2.24, 2.45) is 5.10 Å². The van der Waals surface area contributed by atoms with E-state index in [1.807, 2.05) is 19.9 Å². The molecule has 0 amide bonds. The molecule has 3 aromatic rings. The third-order valence-electron chi connectivity index (χ3n) is 4.39. The van der Waals surface area contributed by atoms with Crippen LogP contribution >= 0.6 is 27.5 Å². The zero-order valence-electron chi connectivity index (χ0n) is 15.1. The standard InChI is InChI=1S/C19H16BrClN4O3/c1-3-11(2)18-23-17-7-5-13(20)8-15(17)19(26)24(18)22-10-12-4-6-14(25(27)28)9-16(12)21/h4-11H,3H2,1-2H3/t11-/m1/s1. The lowest BCUT2D eigenvalue weighted by Gasteiger charge is -2.14. The van der Waals surface area contributed by atoms with Gasteiger partial charge in [0, 0.05) is 28.1 Å². The van der Waals surface area contributed by atoms with Crippen molar-refractivity contribution in [3.63, 3.8) is 0 Å². The minimum Gasteiger partial charge on any atom is -0.267 e. The first-order valence-electron chi connectivity index (χ1n) is 8.52. The van der Waals surface area contributed by atoms with Crippen molar-refractivity contribution >= 4 is 50.3 Å². The molecule has 0 saturated heterocycles. The molecule has 0 radical (unpaired) electrons. The van der Waals surface area contributed by atoms with Gasteiger partial charge in [-0.25, -0.2) is 4.98 Å². The van der Waals surface area contributed by atoms with Gasteiger partial charge in [-0.2, -0.15) is 9.78 Å². The van der Waals surface area contributed by atoms with Crippen LogP contribution in [0, 0.1) is 10.1 Å². The van der Waals surface area contributed by atoms with Crippen molar-refractivity contribution in [2.45, 2.75) is 26.2 Å². The van der Waals surface area contributed by atoms with E-state index in [-0.39, 0.29) is 22.2 Å². The average molecular weight is 464 g/mol. The van der Waals surface area contributed by atoms with E-state index in [1.165, 1.54) is 29.1 Å². The molecule has 0 unspecified atom stereocenters. The summed E-state index contributed by atoms with van der Waals surface area (Å²) in [4.78, 5) is 28.0. The van der Waals surface area contributed by atoms with Crippen molar-refractivity contribution in [3.05, 3.63) is 77.7 Å². The highest BCUT2D eigenvalue weighted by Gasteiger charge is 2.16. The summed E-state index contributed by atoms with van der Waals surface area (Å²) in [6, 6.07) is 9.39. The number of nitro groups is 1. The normalized spacial score (nSPS) is 12.6. The Labute approximate surface area is 173 Å². The maximum Gasteiger partial charge on any atom is 0.282 e. The van der Waals surface area contributed by atoms with E-state index in [0.29, 0.717) is 22.3 Å². The third kappa shape index (κ3) is 3.98. The van der Waals surface area contributed by atoms with Crippen molar-refractivity contribution in [2.75, 3.05) is 0 Å². The molecule has 2 aromatic carbocycles. The zero-order valence-corrected chi connectivity index (χ0v) is 17.4. The summed E-state index contributed by atoms with van der Waals surface area (Å²) < 4.78 is 2.03. The number of benzene rings is 2. The smallest absolute Gasteiger partial charge is 0.267 e. The molecule has 1 aromatic heterocycles. The topological polar surface area (TPSA) is 90.4 Å². The summed E-state index contributed by atoms with van der Waals surface area (Å²) in [5.41, 5.74) is 0.652. The Balaban J connectivity index is 2.16. The second-order valence-corrected chi connectivity index (χ2v) is 7.59. The molecule has 28 heavy (non-hydrogen) atoms. The Morgan fingerprint density at radius 3 is 2.75 bits per heavy atom. The van der Waals surface area contributed by atoms with Gasteiger partial charge in [0.15, 0.2) is 0 Å². The third-order valence-corrected chi connectivity index (χ3v) is 5.21. The molecule has 144 valence electrons. The molecule has 0 fully saturated rings. The van der Waals surface area contributed by atoms with E-state index in [0.717, 1.165) is 10.9 Å². The molecule has 1 heterocycles. The van der Waals surface area contributed by atoms with Gasteiger partial charge >= 0.3 is 0 Å². The quantitative estimate of drug-likeness (QED) is 0.298. The molecular formula is C19H16BrClN4O3. The van der Waals surface area contributed by atoms with Crippen molar-refractivity contribution in [1.82, 2.24) is 9.66 Å². The molecular weight excluding hydrogens is 448 g/mol. The van der Waals surface area contributed by atoms with E-state index in [9.17, 15) is 14.9 Å². The van der Waals surface area contributed by atoms with Crippen molar-refractivity contribution in [1.29, 1.82) is 0 Å². The maximum absolute atomic E-state index is 13.0. The van der Waals surface area contributed by atoms with Gasteiger partial charge in [0.1, 0.15) is 5.82 Å². The molecule has 0 saturated carbocycles. The van der Waals surface area contributed by atoms with E-state index in [4.69, 9.17) is 11.6 Å². The number of nitro benzene ring substituents is 1. The molecule has 0 bridgehead atoms. The average Bonchev–Trinajstić information content (AvgIpc) is 2.67. The van der Waals surface area contributed by atoms with Crippen LogP contribution in [0.3, 0.4) is 0 Å². The number of fused-ring (bicyclic) bond motifs is 1. The van der Waals surface area contributed by atoms with Gasteiger partial charge in [0.2, 0.25) is 0 Å². The van der Waals surface area contributed by atoms with Crippen LogP contribution in [0.1, 0.15) is 37.6 Å². The van der Waals surface area contributed by atoms with Gasteiger partial charge < -0.3 is 0 Å². The van der Waals surface area contributed by atoms with Crippen LogP contribution < -0.4 is 5.56 Å². The monoisotopic (exact) mass is 462 g/mol. The molecule has 3 rings (SSSR count). The van der Waals surface area contributed by atoms with Crippen molar-refractivity contribution in [3.8, 4) is 0 Å². The van der Waals surface area contributed by atoms with Crippen molar-refractivity contribution < 1.29 is 4.92 Å². The molecule has 0 aliphatic carbocycles. The van der Waals surface area contributed by atoms with E-state index < -0.39 is 4.92 Å². The molecule has 0 spiro atoms. The number of hydrogen-bond donors (Lipinski definition) is 0. The molecule has 1 atom stereocenters. The van der Waals surface area contributed by atoms with Gasteiger partial charge in [-0.05, 0) is 30.7 Å². The molecule has 0 N–H and O–H groups in total. The Morgan fingerprint density at radius 1 is 1.36 bits per heavy atom. The Hall–Kier alpha value is -2.58. The summed E-state index contributed by atoms with van der Waals surface area (Å²) in [7, 11) is 0. The highest BCUT2D eigenvalue weighted by Crippen LogP contribution is 2.23. The minimum atomic E-state index is -0.524. The fraction of sp³-hybridized carbons (Fsp3) is 0.211. The number of non-ortho nitro benzene ring substituents is 1. The van der Waals surface area contributed by atoms with Gasteiger partial charge in [0.25, 0.3) is 11.2 Å². The number of rotatable bonds is 5. The Bertz CT molecular complexity index is 1160. The largest absolute Gasteiger partial charge is 0.282 e. The molecule has 0 aliphatic rings. The fourth-order valence-electron chi connectivity index (χ4n) is 2.63. The summed E-state index contributed by atoms with van der Waals surface area (Å²) in [5, 5.41) is 15.8. The summed E-state index contributed by atoms with van der Waals surface area (Å²) in [6.45, 7) is 3.97. The first-order valence-corrected chi connectivity index (χ1v) is 9.69. The van der Waals surface area contributed by atoms with Gasteiger partial charge in [-0.1, -0.05) is 41.4 Å². The Morgan fingerprint density at radius 2 is 2.11 bits per heavy atom. The van der Waals surface area contributed by atoms with E-state index in [1.54, 1.807) is 12.1 Å². The SMILES string of the molecule is CC[C@@H](C)c1nc2ccc(Br)cc2c(=O)n1N=Cc1ccc([N+](=O)[O-])cc1Cl. The Kier molecular flexibility index (Phi) is 5.90. The molecule has 9 heteroatoms. The summed E-state index contributed by atoms with van der Waals surface area (Å²) in [5.74, 6) is 0.543. The summed E-state index contributed by atoms with van der Waals surface area (Å²) in [6.07, 6.45) is 2.19. The lowest BCUT2D eigenvalue weighted by Crippen LogP contribution is -2.23. The second-order valence-electron chi connectivity index (χ2n) is 6.27. The predicted octanol–water partition coefficient (Wildman–Crippen LogP) is 5.12. The van der Waals surface area contributed by atoms with Crippen LogP contribution in [-0.4, -0.2) is 20.8 Å². The molecule has 0 aliphatic heterocycles. The second kappa shape index (κ2) is 8.20. The van der Waals surface area contributed by atoms with Crippen LogP contribution in [0.5, 0.6) is 0 Å². The zero-order chi connectivity index (χ0) is 20.4. The lowest BCUT2D eigenvalue weighted by molar-refractivity contribution is -0.384. The van der Waals surface area contributed by atoms with Gasteiger partial charge in [-0.3, -0.25) is 14.9 Å². The lowest BCUT2D eigenvalue weighted by atomic mass is 10.1. The van der Waals surface area contributed by atoms with Crippen LogP contribution in [0.2, 0.25) is 5.02 Å². The van der Waals surface area contributed by atoms with Crippen LogP contribution in [0.15, 0.2) is 50.8 Å². The first-order chi connectivity index (χ1) is 13.3. The highest BCUT2D eigenvalue weighted by atomic mass is 79.9. The highest BCUT2D eigenvalue weighted by molar-refractivity contribution is 9.10. The number of nitrogens with zero attached hydrogens (tertiary/aromatic N) is 4. The van der Waals surface area contributed by atoms with E-state index >= 15 is 0 Å². The maximum atomic E-state index is 13.0. The number of aromatic nitrogens is 2. The van der Waals surface area contributed by atoms with Crippen LogP contribution in [0.4, 0.5) is 5.69 Å². The van der Waals surface area contributed by atoms with Gasteiger partial charge in [-0.15, -0.1) is 0 Å². The first kappa shape index (κ1) is 20.2. The van der Waals surface area contributed by atoms with Gasteiger partial charge in [0.05, 0.1) is 27.1 Å². The fourth-order valence-corrected chi connectivity index (χ4v) is 3.22. The van der Waals surface area contributed by atoms with E-state index in [2.05, 4.69) is 26.0 Å². The molecule has 7 nitrogen and oxygen atoms in total. The minimum absolute atomic E-state index is 0.00484. The number of halogens is 2.